The summed E-state index contributed by atoms with van der Waals surface area (Å²) in [5.41, 5.74) is 1.84. The fourth-order valence-corrected chi connectivity index (χ4v) is 3.69. The summed E-state index contributed by atoms with van der Waals surface area (Å²) < 4.78 is 5.14. The molecule has 2 aromatic heterocycles. The molecule has 1 saturated heterocycles. The van der Waals surface area contributed by atoms with Crippen LogP contribution >= 0.6 is 11.3 Å². The number of carbonyl (C=O) groups excluding carboxylic acids is 2. The number of aromatic nitrogens is 2. The average Bonchev–Trinajstić information content (AvgIpc) is 3.23. The molecule has 0 bridgehead atoms. The van der Waals surface area contributed by atoms with Crippen molar-refractivity contribution in [1.82, 2.24) is 15.0 Å². The molecule has 7 nitrogen and oxygen atoms in total. The molecule has 2 aromatic rings. The van der Waals surface area contributed by atoms with Gasteiger partial charge in [0.05, 0.1) is 11.6 Å². The van der Waals surface area contributed by atoms with Crippen molar-refractivity contribution in [2.75, 3.05) is 18.4 Å². The van der Waals surface area contributed by atoms with Crippen molar-refractivity contribution in [3.63, 3.8) is 0 Å². The number of anilines is 1. The van der Waals surface area contributed by atoms with Crippen molar-refractivity contribution >= 4 is 28.3 Å². The SMILES string of the molecule is Cc1noc(C)c1CCC(=O)N1CCC[C@H](C(=O)Nc2nccs2)C1. The van der Waals surface area contributed by atoms with E-state index >= 15 is 0 Å². The predicted octanol–water partition coefficient (Wildman–Crippen LogP) is 2.56. The van der Waals surface area contributed by atoms with Gasteiger partial charge in [-0.25, -0.2) is 4.98 Å². The van der Waals surface area contributed by atoms with Gasteiger partial charge in [0, 0.05) is 36.7 Å². The van der Waals surface area contributed by atoms with E-state index < -0.39 is 0 Å². The Morgan fingerprint density at radius 1 is 1.44 bits per heavy atom. The Balaban J connectivity index is 1.53. The van der Waals surface area contributed by atoms with Crippen LogP contribution in [0.2, 0.25) is 0 Å². The highest BCUT2D eigenvalue weighted by Gasteiger charge is 2.28. The molecule has 0 saturated carbocycles. The molecule has 3 rings (SSSR count). The lowest BCUT2D eigenvalue weighted by Crippen LogP contribution is -2.43. The second-order valence-corrected chi connectivity index (χ2v) is 7.20. The minimum Gasteiger partial charge on any atom is -0.361 e. The fraction of sp³-hybridized carbons (Fsp3) is 0.529. The highest BCUT2D eigenvalue weighted by Crippen LogP contribution is 2.21. The van der Waals surface area contributed by atoms with Crippen LogP contribution in [0.5, 0.6) is 0 Å². The number of nitrogens with one attached hydrogen (secondary N) is 1. The number of thiazole rings is 1. The normalized spacial score (nSPS) is 17.5. The van der Waals surface area contributed by atoms with Crippen molar-refractivity contribution < 1.29 is 14.1 Å². The van der Waals surface area contributed by atoms with Gasteiger partial charge in [-0.15, -0.1) is 11.3 Å². The summed E-state index contributed by atoms with van der Waals surface area (Å²) in [6, 6.07) is 0. The van der Waals surface area contributed by atoms with Crippen molar-refractivity contribution in [3.8, 4) is 0 Å². The molecule has 8 heteroatoms. The topological polar surface area (TPSA) is 88.3 Å². The van der Waals surface area contributed by atoms with Gasteiger partial charge in [0.1, 0.15) is 5.76 Å². The van der Waals surface area contributed by atoms with E-state index in [1.807, 2.05) is 19.2 Å². The number of hydrogen-bond acceptors (Lipinski definition) is 6. The van der Waals surface area contributed by atoms with Crippen molar-refractivity contribution in [2.24, 2.45) is 5.92 Å². The van der Waals surface area contributed by atoms with Gasteiger partial charge in [-0.05, 0) is 33.1 Å². The molecule has 0 aromatic carbocycles. The molecule has 0 radical (unpaired) electrons. The molecule has 0 aliphatic carbocycles. The van der Waals surface area contributed by atoms with Gasteiger partial charge >= 0.3 is 0 Å². The lowest BCUT2D eigenvalue weighted by Gasteiger charge is -2.32. The third-order valence-electron chi connectivity index (χ3n) is 4.58. The molecule has 1 fully saturated rings. The largest absolute Gasteiger partial charge is 0.361 e. The first-order valence-corrected chi connectivity index (χ1v) is 9.32. The van der Waals surface area contributed by atoms with Crippen molar-refractivity contribution in [1.29, 1.82) is 0 Å². The van der Waals surface area contributed by atoms with Crippen LogP contribution in [0.1, 0.15) is 36.3 Å². The Morgan fingerprint density at radius 3 is 2.96 bits per heavy atom. The maximum atomic E-state index is 12.5. The zero-order valence-electron chi connectivity index (χ0n) is 14.4. The highest BCUT2D eigenvalue weighted by atomic mass is 32.1. The van der Waals surface area contributed by atoms with Crippen LogP contribution in [0.3, 0.4) is 0 Å². The third kappa shape index (κ3) is 4.25. The number of hydrogen-bond donors (Lipinski definition) is 1. The summed E-state index contributed by atoms with van der Waals surface area (Å²) >= 11 is 1.39. The van der Waals surface area contributed by atoms with Crippen LogP contribution in [-0.2, 0) is 16.0 Å². The molecular weight excluding hydrogens is 340 g/mol. The van der Waals surface area contributed by atoms with Crippen molar-refractivity contribution in [3.05, 3.63) is 28.6 Å². The molecule has 0 unspecified atom stereocenters. The molecule has 2 amide bonds. The lowest BCUT2D eigenvalue weighted by atomic mass is 9.96. The van der Waals surface area contributed by atoms with Gasteiger partial charge in [0.25, 0.3) is 0 Å². The van der Waals surface area contributed by atoms with Crippen LogP contribution in [0, 0.1) is 19.8 Å². The molecule has 1 aliphatic rings. The van der Waals surface area contributed by atoms with Crippen LogP contribution in [0.25, 0.3) is 0 Å². The monoisotopic (exact) mass is 362 g/mol. The number of piperidine rings is 1. The number of likely N-dealkylation sites (tertiary alicyclic amines) is 1. The van der Waals surface area contributed by atoms with Crippen LogP contribution in [0.15, 0.2) is 16.1 Å². The molecule has 1 atom stereocenters. The van der Waals surface area contributed by atoms with Gasteiger partial charge in [0.2, 0.25) is 11.8 Å². The summed E-state index contributed by atoms with van der Waals surface area (Å²) in [6.45, 7) is 4.93. The highest BCUT2D eigenvalue weighted by molar-refractivity contribution is 7.13. The van der Waals surface area contributed by atoms with Crippen molar-refractivity contribution in [2.45, 2.75) is 39.5 Å². The van der Waals surface area contributed by atoms with E-state index in [9.17, 15) is 9.59 Å². The zero-order chi connectivity index (χ0) is 17.8. The van der Waals surface area contributed by atoms with Gasteiger partial charge in [-0.2, -0.15) is 0 Å². The molecule has 134 valence electrons. The van der Waals surface area contributed by atoms with Gasteiger partial charge in [-0.1, -0.05) is 5.16 Å². The van der Waals surface area contributed by atoms with E-state index in [4.69, 9.17) is 4.52 Å². The number of rotatable bonds is 5. The van der Waals surface area contributed by atoms with E-state index in [0.717, 1.165) is 29.9 Å². The van der Waals surface area contributed by atoms with E-state index in [-0.39, 0.29) is 17.7 Å². The predicted molar refractivity (Wildman–Crippen MR) is 94.3 cm³/mol. The Bertz CT molecular complexity index is 722. The number of amides is 2. The minimum absolute atomic E-state index is 0.0572. The summed E-state index contributed by atoms with van der Waals surface area (Å²) in [6.07, 6.45) is 4.32. The van der Waals surface area contributed by atoms with Crippen LogP contribution in [0.4, 0.5) is 5.13 Å². The van der Waals surface area contributed by atoms with Crippen LogP contribution < -0.4 is 5.32 Å². The Hall–Kier alpha value is -2.22. The molecule has 1 N–H and O–H groups in total. The summed E-state index contributed by atoms with van der Waals surface area (Å²) in [7, 11) is 0. The number of carbonyl (C=O) groups is 2. The maximum Gasteiger partial charge on any atom is 0.231 e. The van der Waals surface area contributed by atoms with E-state index in [2.05, 4.69) is 15.5 Å². The first-order chi connectivity index (χ1) is 12.0. The summed E-state index contributed by atoms with van der Waals surface area (Å²) in [5.74, 6) is 0.607. The standard InChI is InChI=1S/C17H22N4O3S/c1-11-14(12(2)24-20-11)5-6-15(22)21-8-3-4-13(10-21)16(23)19-17-18-7-9-25-17/h7,9,13H,3-6,8,10H2,1-2H3,(H,18,19,23)/t13-/m0/s1. The van der Waals surface area contributed by atoms with Gasteiger partial charge in [0.15, 0.2) is 5.13 Å². The summed E-state index contributed by atoms with van der Waals surface area (Å²) in [4.78, 5) is 30.8. The Kier molecular flexibility index (Phi) is 5.47. The zero-order valence-corrected chi connectivity index (χ0v) is 15.3. The van der Waals surface area contributed by atoms with E-state index in [1.165, 1.54) is 11.3 Å². The lowest BCUT2D eigenvalue weighted by molar-refractivity contribution is -0.134. The first kappa shape index (κ1) is 17.6. The van der Waals surface area contributed by atoms with Crippen LogP contribution in [-0.4, -0.2) is 39.9 Å². The Labute approximate surface area is 150 Å². The molecule has 0 spiro atoms. The molecule has 1 aliphatic heterocycles. The van der Waals surface area contributed by atoms with Gasteiger partial charge < -0.3 is 14.7 Å². The molecule has 25 heavy (non-hydrogen) atoms. The minimum atomic E-state index is -0.180. The second-order valence-electron chi connectivity index (χ2n) is 6.31. The average molecular weight is 362 g/mol. The summed E-state index contributed by atoms with van der Waals surface area (Å²) in [5, 5.41) is 9.17. The number of nitrogens with zero attached hydrogens (tertiary/aromatic N) is 3. The fourth-order valence-electron chi connectivity index (χ4n) is 3.16. The van der Waals surface area contributed by atoms with Gasteiger partial charge in [-0.3, -0.25) is 9.59 Å². The smallest absolute Gasteiger partial charge is 0.231 e. The Morgan fingerprint density at radius 2 is 2.28 bits per heavy atom. The quantitative estimate of drug-likeness (QED) is 0.883. The maximum absolute atomic E-state index is 12.5. The number of aryl methyl sites for hydroxylation is 2. The second kappa shape index (κ2) is 7.77. The first-order valence-electron chi connectivity index (χ1n) is 8.44. The van der Waals surface area contributed by atoms with E-state index in [0.29, 0.717) is 31.1 Å². The molecular formula is C17H22N4O3S. The third-order valence-corrected chi connectivity index (χ3v) is 5.27. The van der Waals surface area contributed by atoms with E-state index in [1.54, 1.807) is 11.1 Å². The molecule has 3 heterocycles.